The van der Waals surface area contributed by atoms with Crippen molar-refractivity contribution in [3.8, 4) is 0 Å². The minimum Gasteiger partial charge on any atom is -0.376 e. The molecule has 0 aliphatic carbocycles. The van der Waals surface area contributed by atoms with Crippen molar-refractivity contribution in [1.82, 2.24) is 10.2 Å². The maximum Gasteiger partial charge on any atom is 0.272 e. The fraction of sp³-hybridized carbons (Fsp3) is 0.167. The molecule has 3 unspecified atom stereocenters. The van der Waals surface area contributed by atoms with E-state index in [0.29, 0.717) is 22.3 Å². The third kappa shape index (κ3) is 2.52. The second-order valence-electron chi connectivity index (χ2n) is 6.56. The van der Waals surface area contributed by atoms with E-state index in [1.54, 1.807) is 12.1 Å². The Kier molecular flexibility index (Phi) is 3.76. The second-order valence-corrected chi connectivity index (χ2v) is 8.48. The Morgan fingerprint density at radius 2 is 1.86 bits per heavy atom. The van der Waals surface area contributed by atoms with E-state index in [2.05, 4.69) is 25.1 Å². The number of aromatic amines is 1. The molecular weight excluding hydrogens is 388 g/mol. The van der Waals surface area contributed by atoms with Gasteiger partial charge in [-0.05, 0) is 29.8 Å². The van der Waals surface area contributed by atoms with E-state index in [9.17, 15) is 18.4 Å². The fourth-order valence-corrected chi connectivity index (χ4v) is 5.58. The van der Waals surface area contributed by atoms with Gasteiger partial charge in [-0.15, -0.1) is 4.52 Å². The summed E-state index contributed by atoms with van der Waals surface area (Å²) in [4.78, 5) is 24.6. The molecule has 7 nitrogen and oxygen atoms in total. The lowest BCUT2D eigenvalue weighted by molar-refractivity contribution is -0.109. The second kappa shape index (κ2) is 6.20. The van der Waals surface area contributed by atoms with Gasteiger partial charge in [-0.1, -0.05) is 23.2 Å². The number of benzene rings is 2. The van der Waals surface area contributed by atoms with Crippen LogP contribution in [0.25, 0.3) is 10.8 Å². The Hall–Kier alpha value is -3.14. The summed E-state index contributed by atoms with van der Waals surface area (Å²) in [6, 6.07) is 7.74. The molecule has 0 amide bonds. The number of rotatable bonds is 2. The summed E-state index contributed by atoms with van der Waals surface area (Å²) >= 11 is -1.58. The zero-order chi connectivity index (χ0) is 19.4. The van der Waals surface area contributed by atoms with Gasteiger partial charge in [0, 0.05) is 11.1 Å². The van der Waals surface area contributed by atoms with Crippen molar-refractivity contribution < 1.29 is 13.6 Å². The third-order valence-electron chi connectivity index (χ3n) is 4.90. The van der Waals surface area contributed by atoms with Crippen molar-refractivity contribution in [3.05, 3.63) is 69.6 Å². The van der Waals surface area contributed by atoms with Crippen LogP contribution in [-0.4, -0.2) is 21.9 Å². The van der Waals surface area contributed by atoms with Crippen molar-refractivity contribution in [1.29, 1.82) is 0 Å². The number of carbonyl (C=O) groups excluding carboxylic acids is 1. The standard InChI is InChI=1S/C18H13F2N5O2S/c19-9-3-1-8(2-4-9)15-17(28-13(26)7-21-25-28)16-14-11(18(27)24-23-16)5-10(20)6-12(14)22-15/h1-6,15,17,22,28H,7H2,(H,24,27). The van der Waals surface area contributed by atoms with E-state index in [4.69, 9.17) is 0 Å². The molecule has 0 saturated carbocycles. The number of H-pyrrole nitrogens is 1. The average molecular weight is 401 g/mol. The number of thiol groups is 1. The molecule has 3 atom stereocenters. The molecule has 10 heteroatoms. The molecule has 3 heterocycles. The Morgan fingerprint density at radius 3 is 2.57 bits per heavy atom. The molecule has 142 valence electrons. The van der Waals surface area contributed by atoms with Gasteiger partial charge >= 0.3 is 0 Å². The topological polar surface area (TPSA) is 99.6 Å². The average Bonchev–Trinajstić information content (AvgIpc) is 3.10. The number of aromatic nitrogens is 2. The number of hydrogen-bond donors (Lipinski definition) is 3. The SMILES string of the molecule is O=C1CN=N[SH]1C1c2n[nH]c(=O)c3cc(F)cc(c23)NC1c1ccc(F)cc1. The molecule has 0 saturated heterocycles. The Balaban J connectivity index is 1.78. The lowest BCUT2D eigenvalue weighted by Crippen LogP contribution is -2.28. The maximum absolute atomic E-state index is 14.1. The molecule has 0 radical (unpaired) electrons. The van der Waals surface area contributed by atoms with Crippen molar-refractivity contribution in [2.24, 2.45) is 9.63 Å². The van der Waals surface area contributed by atoms with Crippen LogP contribution in [0.5, 0.6) is 0 Å². The smallest absolute Gasteiger partial charge is 0.272 e. The third-order valence-corrected chi connectivity index (χ3v) is 6.94. The van der Waals surface area contributed by atoms with Gasteiger partial charge in [-0.2, -0.15) is 10.2 Å². The van der Waals surface area contributed by atoms with Gasteiger partial charge in [0.2, 0.25) is 5.12 Å². The predicted octanol–water partition coefficient (Wildman–Crippen LogP) is 3.32. The zero-order valence-corrected chi connectivity index (χ0v) is 15.1. The first-order chi connectivity index (χ1) is 13.5. The summed E-state index contributed by atoms with van der Waals surface area (Å²) in [5.74, 6) is -0.967. The molecule has 0 bridgehead atoms. The summed E-state index contributed by atoms with van der Waals surface area (Å²) < 4.78 is 31.7. The first-order valence-electron chi connectivity index (χ1n) is 8.46. The molecule has 5 rings (SSSR count). The largest absolute Gasteiger partial charge is 0.376 e. The normalized spacial score (nSPS) is 24.5. The van der Waals surface area contributed by atoms with Crippen LogP contribution in [0.1, 0.15) is 22.5 Å². The monoisotopic (exact) mass is 401 g/mol. The minimum absolute atomic E-state index is 0.00110. The van der Waals surface area contributed by atoms with Crippen LogP contribution in [0.3, 0.4) is 0 Å². The lowest BCUT2D eigenvalue weighted by atomic mass is 9.93. The Labute approximate surface area is 159 Å². The molecule has 28 heavy (non-hydrogen) atoms. The molecule has 2 aliphatic heterocycles. The minimum atomic E-state index is -1.58. The van der Waals surface area contributed by atoms with Gasteiger partial charge in [-0.3, -0.25) is 9.59 Å². The highest BCUT2D eigenvalue weighted by Gasteiger charge is 2.41. The predicted molar refractivity (Wildman–Crippen MR) is 102 cm³/mol. The molecule has 2 aromatic carbocycles. The molecule has 0 spiro atoms. The summed E-state index contributed by atoms with van der Waals surface area (Å²) in [6.07, 6.45) is 0. The van der Waals surface area contributed by atoms with Gasteiger partial charge < -0.3 is 5.32 Å². The number of nitrogens with one attached hydrogen (secondary N) is 2. The van der Waals surface area contributed by atoms with Crippen molar-refractivity contribution >= 4 is 32.7 Å². The first kappa shape index (κ1) is 17.0. The highest BCUT2D eigenvalue weighted by atomic mass is 32.2. The van der Waals surface area contributed by atoms with E-state index in [-0.39, 0.29) is 17.0 Å². The van der Waals surface area contributed by atoms with E-state index in [0.717, 1.165) is 6.07 Å². The van der Waals surface area contributed by atoms with E-state index >= 15 is 0 Å². The summed E-state index contributed by atoms with van der Waals surface area (Å²) in [5.41, 5.74) is 1.03. The van der Waals surface area contributed by atoms with Gasteiger partial charge in [0.1, 0.15) is 18.2 Å². The zero-order valence-electron chi connectivity index (χ0n) is 14.2. The summed E-state index contributed by atoms with van der Waals surface area (Å²) in [6.45, 7) is 0.00110. The quantitative estimate of drug-likeness (QED) is 0.574. The number of anilines is 1. The molecule has 1 aromatic heterocycles. The van der Waals surface area contributed by atoms with Gasteiger partial charge in [-0.25, -0.2) is 13.9 Å². The van der Waals surface area contributed by atoms with Crippen molar-refractivity contribution in [2.45, 2.75) is 11.3 Å². The van der Waals surface area contributed by atoms with Crippen LogP contribution < -0.4 is 10.9 Å². The van der Waals surface area contributed by atoms with Gasteiger partial charge in [0.15, 0.2) is 0 Å². The first-order valence-corrected chi connectivity index (χ1v) is 9.82. The van der Waals surface area contributed by atoms with Crippen LogP contribution in [0.4, 0.5) is 14.5 Å². The molecule has 2 aliphatic rings. The van der Waals surface area contributed by atoms with Gasteiger partial charge in [0.25, 0.3) is 5.56 Å². The highest BCUT2D eigenvalue weighted by Crippen LogP contribution is 2.57. The Morgan fingerprint density at radius 1 is 1.07 bits per heavy atom. The molecule has 3 aromatic rings. The van der Waals surface area contributed by atoms with Crippen LogP contribution in [0.15, 0.2) is 50.8 Å². The fourth-order valence-electron chi connectivity index (χ4n) is 3.71. The highest BCUT2D eigenvalue weighted by molar-refractivity contribution is 8.29. The van der Waals surface area contributed by atoms with E-state index in [1.165, 1.54) is 18.2 Å². The maximum atomic E-state index is 14.1. The lowest BCUT2D eigenvalue weighted by Gasteiger charge is -2.36. The Bertz CT molecular complexity index is 1210. The number of carbonyl (C=O) groups is 1. The molecular formula is C18H13F2N5O2S. The van der Waals surface area contributed by atoms with Crippen molar-refractivity contribution in [2.75, 3.05) is 11.9 Å². The summed E-state index contributed by atoms with van der Waals surface area (Å²) in [7, 11) is 0. The number of hydrogen-bond acceptors (Lipinski definition) is 6. The van der Waals surface area contributed by atoms with Gasteiger partial charge in [0.05, 0.1) is 22.4 Å². The van der Waals surface area contributed by atoms with Crippen LogP contribution in [-0.2, 0) is 4.79 Å². The van der Waals surface area contributed by atoms with Crippen LogP contribution >= 0.6 is 11.1 Å². The number of nitrogens with zero attached hydrogens (tertiary/aromatic N) is 3. The summed E-state index contributed by atoms with van der Waals surface area (Å²) in [5, 5.41) is 13.7. The van der Waals surface area contributed by atoms with Crippen LogP contribution in [0, 0.1) is 11.6 Å². The van der Waals surface area contributed by atoms with Crippen molar-refractivity contribution in [3.63, 3.8) is 0 Å². The van der Waals surface area contributed by atoms with Crippen LogP contribution in [0.2, 0.25) is 0 Å². The molecule has 2 N–H and O–H groups in total. The van der Waals surface area contributed by atoms with E-state index in [1.807, 2.05) is 0 Å². The molecule has 0 fully saturated rings. The van der Waals surface area contributed by atoms with E-state index < -0.39 is 39.6 Å². The number of halogens is 2.